The highest BCUT2D eigenvalue weighted by atomic mass is 19.1. The average molecular weight is 209 g/mol. The van der Waals surface area contributed by atoms with Crippen molar-refractivity contribution in [2.75, 3.05) is 0 Å². The fourth-order valence-electron chi connectivity index (χ4n) is 1.50. The molecule has 0 aliphatic carbocycles. The molecule has 0 saturated carbocycles. The summed E-state index contributed by atoms with van der Waals surface area (Å²) in [6.07, 6.45) is 0.260. The number of hydrogen-bond donors (Lipinski definition) is 2. The first-order valence-electron chi connectivity index (χ1n) is 4.70. The number of benzene rings is 1. The molecule has 0 saturated heterocycles. The van der Waals surface area contributed by atoms with Crippen molar-refractivity contribution >= 4 is 11.0 Å². The lowest BCUT2D eigenvalue weighted by Crippen LogP contribution is -2.24. The van der Waals surface area contributed by atoms with Gasteiger partial charge in [0.25, 0.3) is 0 Å². The first-order chi connectivity index (χ1) is 7.09. The molecule has 80 valence electrons. The van der Waals surface area contributed by atoms with Crippen molar-refractivity contribution < 1.29 is 13.9 Å². The Hall–Kier alpha value is -1.39. The van der Waals surface area contributed by atoms with Crippen LogP contribution in [0.4, 0.5) is 4.39 Å². The number of furan rings is 1. The molecule has 2 aromatic rings. The SMILES string of the molecule is CC(N)C(O)c1ccc2occ(F)c2c1. The highest BCUT2D eigenvalue weighted by Gasteiger charge is 2.14. The Bertz CT molecular complexity index is 478. The second-order valence-corrected chi connectivity index (χ2v) is 3.64. The van der Waals surface area contributed by atoms with Crippen LogP contribution in [0.5, 0.6) is 0 Å². The monoisotopic (exact) mass is 209 g/mol. The first-order valence-corrected chi connectivity index (χ1v) is 4.70. The fourth-order valence-corrected chi connectivity index (χ4v) is 1.50. The van der Waals surface area contributed by atoms with Crippen LogP contribution >= 0.6 is 0 Å². The molecule has 0 bridgehead atoms. The summed E-state index contributed by atoms with van der Waals surface area (Å²) in [6, 6.07) is 4.47. The van der Waals surface area contributed by atoms with Crippen molar-refractivity contribution in [3.8, 4) is 0 Å². The summed E-state index contributed by atoms with van der Waals surface area (Å²) in [4.78, 5) is 0. The number of halogens is 1. The molecule has 15 heavy (non-hydrogen) atoms. The van der Waals surface area contributed by atoms with Gasteiger partial charge in [0.05, 0.1) is 11.5 Å². The van der Waals surface area contributed by atoms with Gasteiger partial charge in [-0.1, -0.05) is 6.07 Å². The second kappa shape index (κ2) is 3.64. The van der Waals surface area contributed by atoms with Crippen molar-refractivity contribution in [1.29, 1.82) is 0 Å². The summed E-state index contributed by atoms with van der Waals surface area (Å²) >= 11 is 0. The van der Waals surface area contributed by atoms with E-state index in [0.29, 0.717) is 16.5 Å². The molecule has 2 unspecified atom stereocenters. The van der Waals surface area contributed by atoms with Crippen LogP contribution in [0.15, 0.2) is 28.9 Å². The summed E-state index contributed by atoms with van der Waals surface area (Å²) < 4.78 is 18.1. The number of fused-ring (bicyclic) bond motifs is 1. The van der Waals surface area contributed by atoms with Crippen LogP contribution in [0, 0.1) is 5.82 Å². The zero-order valence-electron chi connectivity index (χ0n) is 8.27. The van der Waals surface area contributed by atoms with E-state index in [0.717, 1.165) is 6.26 Å². The average Bonchev–Trinajstić information content (AvgIpc) is 2.59. The summed E-state index contributed by atoms with van der Waals surface area (Å²) in [7, 11) is 0. The van der Waals surface area contributed by atoms with E-state index in [1.165, 1.54) is 0 Å². The lowest BCUT2D eigenvalue weighted by atomic mass is 10.0. The van der Waals surface area contributed by atoms with E-state index >= 15 is 0 Å². The Kier molecular flexibility index (Phi) is 2.46. The molecule has 0 aliphatic rings. The number of rotatable bonds is 2. The van der Waals surface area contributed by atoms with E-state index in [-0.39, 0.29) is 0 Å². The number of nitrogens with two attached hydrogens (primary N) is 1. The molecule has 1 heterocycles. The summed E-state index contributed by atoms with van der Waals surface area (Å²) in [5.41, 5.74) is 6.62. The van der Waals surface area contributed by atoms with E-state index in [2.05, 4.69) is 0 Å². The number of aliphatic hydroxyl groups excluding tert-OH is 1. The molecule has 3 nitrogen and oxygen atoms in total. The highest BCUT2D eigenvalue weighted by molar-refractivity contribution is 5.78. The largest absolute Gasteiger partial charge is 0.461 e. The van der Waals surface area contributed by atoms with Crippen molar-refractivity contribution in [1.82, 2.24) is 0 Å². The minimum atomic E-state index is -0.788. The molecule has 2 atom stereocenters. The summed E-state index contributed by atoms with van der Waals surface area (Å²) in [5, 5.41) is 10.1. The van der Waals surface area contributed by atoms with E-state index < -0.39 is 18.0 Å². The van der Waals surface area contributed by atoms with Gasteiger partial charge in [0, 0.05) is 6.04 Å². The molecule has 0 amide bonds. The zero-order valence-corrected chi connectivity index (χ0v) is 8.27. The van der Waals surface area contributed by atoms with E-state index in [4.69, 9.17) is 10.2 Å². The molecule has 3 N–H and O–H groups in total. The molecule has 0 fully saturated rings. The van der Waals surface area contributed by atoms with Crippen LogP contribution in [-0.2, 0) is 0 Å². The Morgan fingerprint density at radius 3 is 2.87 bits per heavy atom. The standard InChI is InChI=1S/C11H12FNO2/c1-6(13)11(14)7-2-3-10-8(4-7)9(12)5-15-10/h2-6,11,14H,13H2,1H3. The maximum absolute atomic E-state index is 13.2. The molecular formula is C11H12FNO2. The molecule has 0 aliphatic heterocycles. The minimum absolute atomic E-state index is 0.368. The molecule has 1 aromatic heterocycles. The maximum atomic E-state index is 13.2. The maximum Gasteiger partial charge on any atom is 0.169 e. The predicted octanol–water partition coefficient (Wildman–Crippen LogP) is 1.95. The third kappa shape index (κ3) is 1.73. The van der Waals surface area contributed by atoms with Crippen molar-refractivity contribution in [2.45, 2.75) is 19.1 Å². The van der Waals surface area contributed by atoms with Gasteiger partial charge in [-0.05, 0) is 24.6 Å². The molecule has 4 heteroatoms. The van der Waals surface area contributed by atoms with Crippen molar-refractivity contribution in [3.63, 3.8) is 0 Å². The summed E-state index contributed by atoms with van der Waals surface area (Å²) in [5.74, 6) is -0.427. The van der Waals surface area contributed by atoms with Crippen molar-refractivity contribution in [3.05, 3.63) is 35.8 Å². The zero-order chi connectivity index (χ0) is 11.0. The van der Waals surface area contributed by atoms with Crippen LogP contribution in [0.2, 0.25) is 0 Å². The van der Waals surface area contributed by atoms with Gasteiger partial charge in [-0.2, -0.15) is 0 Å². The predicted molar refractivity (Wildman–Crippen MR) is 54.8 cm³/mol. The van der Waals surface area contributed by atoms with Crippen LogP contribution in [-0.4, -0.2) is 11.1 Å². The number of aliphatic hydroxyl groups is 1. The molecule has 0 radical (unpaired) electrons. The van der Waals surface area contributed by atoms with Gasteiger partial charge >= 0.3 is 0 Å². The second-order valence-electron chi connectivity index (χ2n) is 3.64. The Morgan fingerprint density at radius 2 is 2.20 bits per heavy atom. The van der Waals surface area contributed by atoms with E-state index in [9.17, 15) is 9.50 Å². The summed E-state index contributed by atoms with van der Waals surface area (Å²) in [6.45, 7) is 1.70. The lowest BCUT2D eigenvalue weighted by Gasteiger charge is -2.14. The van der Waals surface area contributed by atoms with Crippen molar-refractivity contribution in [2.24, 2.45) is 5.73 Å². The van der Waals surface area contributed by atoms with Gasteiger partial charge in [-0.3, -0.25) is 0 Å². The number of hydrogen-bond acceptors (Lipinski definition) is 3. The van der Waals surface area contributed by atoms with Gasteiger partial charge < -0.3 is 15.3 Å². The Morgan fingerprint density at radius 1 is 1.47 bits per heavy atom. The third-order valence-electron chi connectivity index (χ3n) is 2.39. The van der Waals surface area contributed by atoms with Crippen LogP contribution in [0.1, 0.15) is 18.6 Å². The van der Waals surface area contributed by atoms with Crippen LogP contribution < -0.4 is 5.73 Å². The normalized spacial score (nSPS) is 15.5. The fraction of sp³-hybridized carbons (Fsp3) is 0.273. The smallest absolute Gasteiger partial charge is 0.169 e. The molecular weight excluding hydrogens is 197 g/mol. The Labute approximate surface area is 86.3 Å². The van der Waals surface area contributed by atoms with E-state index in [1.807, 2.05) is 0 Å². The van der Waals surface area contributed by atoms with Crippen LogP contribution in [0.25, 0.3) is 11.0 Å². The lowest BCUT2D eigenvalue weighted by molar-refractivity contribution is 0.153. The van der Waals surface area contributed by atoms with Gasteiger partial charge in [-0.15, -0.1) is 0 Å². The van der Waals surface area contributed by atoms with Gasteiger partial charge in [-0.25, -0.2) is 4.39 Å². The molecule has 1 aromatic carbocycles. The van der Waals surface area contributed by atoms with Gasteiger partial charge in [0.2, 0.25) is 0 Å². The highest BCUT2D eigenvalue weighted by Crippen LogP contribution is 2.24. The van der Waals surface area contributed by atoms with Gasteiger partial charge in [0.1, 0.15) is 11.8 Å². The molecule has 0 spiro atoms. The van der Waals surface area contributed by atoms with Crippen LogP contribution in [0.3, 0.4) is 0 Å². The Balaban J connectivity index is 2.50. The third-order valence-corrected chi connectivity index (χ3v) is 2.39. The minimum Gasteiger partial charge on any atom is -0.461 e. The van der Waals surface area contributed by atoms with Gasteiger partial charge in [0.15, 0.2) is 5.82 Å². The van der Waals surface area contributed by atoms with E-state index in [1.54, 1.807) is 25.1 Å². The molecule has 2 rings (SSSR count). The first kappa shape index (κ1) is 10.1. The quantitative estimate of drug-likeness (QED) is 0.794. The topological polar surface area (TPSA) is 59.4 Å².